The number of unbranched alkanes of at least 4 members (excludes halogenated alkanes) is 57. The lowest BCUT2D eigenvalue weighted by molar-refractivity contribution is -0.142. The third-order valence-corrected chi connectivity index (χ3v) is 19.5. The molecule has 0 aromatic carbocycles. The largest absolute Gasteiger partial charge is 0.481 e. The first-order chi connectivity index (χ1) is 58.2. The molecule has 0 spiro atoms. The van der Waals surface area contributed by atoms with E-state index in [1.165, 1.54) is 482 Å². The van der Waals surface area contributed by atoms with Crippen LogP contribution in [0.1, 0.15) is 764 Å². The van der Waals surface area contributed by atoms with Gasteiger partial charge in [-0.05, 0) is 12.8 Å². The zero-order valence-corrected chi connectivity index (χ0v) is 95.1. The van der Waals surface area contributed by atoms with Crippen LogP contribution in [0.2, 0.25) is 0 Å². The van der Waals surface area contributed by atoms with Gasteiger partial charge in [0.2, 0.25) is 0 Å². The maximum atomic E-state index is 10.6. The summed E-state index contributed by atoms with van der Waals surface area (Å²) in [5, 5.41) is 8.73. The van der Waals surface area contributed by atoms with Crippen molar-refractivity contribution in [1.29, 1.82) is 0 Å². The Kier molecular flexibility index (Phi) is 325. The Morgan fingerprint density at radius 3 is 0.242 bits per heavy atom. The van der Waals surface area contributed by atoms with Gasteiger partial charge in [-0.3, -0.25) is 4.79 Å². The van der Waals surface area contributed by atoms with E-state index in [4.69, 9.17) is 5.11 Å². The van der Waals surface area contributed by atoms with Gasteiger partial charge in [-0.15, -0.1) is 0 Å². The van der Waals surface area contributed by atoms with Crippen LogP contribution in [0.5, 0.6) is 0 Å². The highest BCUT2D eigenvalue weighted by Crippen LogP contribution is 2.14. The highest BCUT2D eigenvalue weighted by Gasteiger charge is 2.13. The minimum Gasteiger partial charge on any atom is -0.481 e. The maximum Gasteiger partial charge on any atom is 0.306 e. The monoisotopic (exact) mass is 1720 g/mol. The zero-order chi connectivity index (χ0) is 96.3. The SMILES string of the molecule is CCCCCC.CCCCCC.CCCCCC.CCCCCC.CCCCCC.CCCCCC.CCCCCC.CCCCCC.CCCCCC.CCCCCC.CCCCCC.CCCCCC.CCCCCC.CCCCCC.CCCCCC.CCCCCC.CCCCCC.CCCCCC.CCCCCCC(CC)C(=O)O. The maximum absolute atomic E-state index is 10.6. The summed E-state index contributed by atoms with van der Waals surface area (Å²) < 4.78 is 0. The minimum atomic E-state index is -0.631. The normalized spacial score (nSPS) is 9.38. The molecule has 0 aliphatic carbocycles. The summed E-state index contributed by atoms with van der Waals surface area (Å²) in [6.45, 7) is 84.4. The Morgan fingerprint density at radius 2 is 0.192 bits per heavy atom. The Morgan fingerprint density at radius 1 is 0.125 bits per heavy atom. The van der Waals surface area contributed by atoms with Gasteiger partial charge >= 0.3 is 5.97 Å². The molecule has 0 rings (SSSR count). The number of aliphatic carboxylic acids is 1. The van der Waals surface area contributed by atoms with Crippen LogP contribution in [0, 0.1) is 5.92 Å². The van der Waals surface area contributed by atoms with Gasteiger partial charge in [-0.1, -0.05) is 751 Å². The average molecular weight is 1720 g/mol. The first-order valence-electron chi connectivity index (χ1n) is 57.4. The van der Waals surface area contributed by atoms with Gasteiger partial charge in [0.15, 0.2) is 0 Å². The molecule has 0 aliphatic rings. The Balaban J connectivity index is -0.0000000530. The molecule has 2 heteroatoms. The van der Waals surface area contributed by atoms with E-state index in [9.17, 15) is 4.79 Å². The second-order valence-corrected chi connectivity index (χ2v) is 34.0. The van der Waals surface area contributed by atoms with Gasteiger partial charge < -0.3 is 5.11 Å². The van der Waals surface area contributed by atoms with Crippen molar-refractivity contribution in [3.05, 3.63) is 0 Å². The van der Waals surface area contributed by atoms with E-state index in [-0.39, 0.29) is 5.92 Å². The van der Waals surface area contributed by atoms with Crippen LogP contribution in [0.25, 0.3) is 0 Å². The summed E-state index contributed by atoms with van der Waals surface area (Å²) >= 11 is 0. The molecule has 120 heavy (non-hydrogen) atoms. The lowest BCUT2D eigenvalue weighted by atomic mass is 9.99. The molecule has 0 radical (unpaired) electrons. The van der Waals surface area contributed by atoms with Crippen LogP contribution in [-0.2, 0) is 4.79 Å². The van der Waals surface area contributed by atoms with Crippen LogP contribution in [0.15, 0.2) is 0 Å². The fraction of sp³-hybridized carbons (Fsp3) is 0.992. The minimum absolute atomic E-state index is 0.109. The van der Waals surface area contributed by atoms with Crippen LogP contribution in [-0.4, -0.2) is 11.1 Å². The molecule has 0 aromatic heterocycles. The van der Waals surface area contributed by atoms with E-state index < -0.39 is 5.97 Å². The summed E-state index contributed by atoms with van der Waals surface area (Å²) in [5.41, 5.74) is 0. The van der Waals surface area contributed by atoms with Gasteiger partial charge in [0, 0.05) is 0 Å². The third kappa shape index (κ3) is 372. The van der Waals surface area contributed by atoms with Crippen molar-refractivity contribution in [2.75, 3.05) is 0 Å². The van der Waals surface area contributed by atoms with Crippen molar-refractivity contribution < 1.29 is 9.90 Å². The van der Waals surface area contributed by atoms with Crippen LogP contribution in [0.4, 0.5) is 0 Å². The number of carboxylic acids is 1. The first kappa shape index (κ1) is 166. The van der Waals surface area contributed by atoms with Gasteiger partial charge in [0.25, 0.3) is 0 Å². The van der Waals surface area contributed by atoms with E-state index in [0.29, 0.717) is 0 Å². The fourth-order valence-corrected chi connectivity index (χ4v) is 10.3. The number of carbonyl (C=O) groups is 1. The molecule has 1 atom stereocenters. The van der Waals surface area contributed by atoms with Crippen LogP contribution >= 0.6 is 0 Å². The molecule has 1 unspecified atom stereocenters. The van der Waals surface area contributed by atoms with Crippen molar-refractivity contribution in [2.24, 2.45) is 5.92 Å². The van der Waals surface area contributed by atoms with E-state index in [1.807, 2.05) is 6.92 Å². The lowest BCUT2D eigenvalue weighted by Crippen LogP contribution is -2.12. The molecule has 0 heterocycles. The molecule has 0 aliphatic heterocycles. The van der Waals surface area contributed by atoms with Crippen LogP contribution in [0.3, 0.4) is 0 Å². The summed E-state index contributed by atoms with van der Waals surface area (Å²) in [5.74, 6) is -0.740. The van der Waals surface area contributed by atoms with Gasteiger partial charge in [-0.25, -0.2) is 0 Å². The highest BCUT2D eigenvalue weighted by molar-refractivity contribution is 5.69. The molecule has 0 bridgehead atoms. The summed E-state index contributed by atoms with van der Waals surface area (Å²) in [6, 6.07) is 0. The number of rotatable bonds is 61. The Hall–Kier alpha value is -0.530. The fourth-order valence-electron chi connectivity index (χ4n) is 10.3. The molecular formula is C118H272O2. The van der Waals surface area contributed by atoms with Gasteiger partial charge in [-0.2, -0.15) is 0 Å². The lowest BCUT2D eigenvalue weighted by Gasteiger charge is -2.08. The standard InChI is InChI=1S/C10H20O2.18C6H14/c1-3-5-6-7-8-9(4-2)10(11)12;18*1-3-5-6-4-2/h9H,3-8H2,1-2H3,(H,11,12);18*3-6H2,1-2H3. The Labute approximate surface area is 780 Å². The topological polar surface area (TPSA) is 37.3 Å². The number of hydrogen-bond donors (Lipinski definition) is 1. The van der Waals surface area contributed by atoms with Crippen molar-refractivity contribution in [2.45, 2.75) is 764 Å². The smallest absolute Gasteiger partial charge is 0.306 e. The molecular weight excluding hydrogens is 1450 g/mol. The quantitative estimate of drug-likeness (QED) is 0.0616. The molecule has 2 nitrogen and oxygen atoms in total. The van der Waals surface area contributed by atoms with E-state index in [2.05, 4.69) is 256 Å². The predicted octanol–water partition coefficient (Wildman–Crippen LogP) is 49.6. The number of carboxylic acid groups (broad SMARTS) is 1. The van der Waals surface area contributed by atoms with Crippen molar-refractivity contribution >= 4 is 5.97 Å². The van der Waals surface area contributed by atoms with Gasteiger partial charge in [0.05, 0.1) is 5.92 Å². The molecule has 0 saturated heterocycles. The third-order valence-electron chi connectivity index (χ3n) is 19.5. The van der Waals surface area contributed by atoms with E-state index >= 15 is 0 Å². The Bertz CT molecular complexity index is 760. The summed E-state index contributed by atoms with van der Waals surface area (Å²) in [7, 11) is 0. The predicted molar refractivity (Wildman–Crippen MR) is 587 cm³/mol. The van der Waals surface area contributed by atoms with E-state index in [0.717, 1.165) is 19.3 Å². The van der Waals surface area contributed by atoms with Crippen molar-refractivity contribution in [3.63, 3.8) is 0 Å². The molecule has 0 aromatic rings. The van der Waals surface area contributed by atoms with Crippen molar-refractivity contribution in [3.8, 4) is 0 Å². The highest BCUT2D eigenvalue weighted by atomic mass is 16.4. The molecule has 0 amide bonds. The second kappa shape index (κ2) is 235. The van der Waals surface area contributed by atoms with Crippen LogP contribution < -0.4 is 0 Å². The molecule has 0 saturated carbocycles. The molecule has 1 N–H and O–H groups in total. The first-order valence-corrected chi connectivity index (χ1v) is 57.4. The van der Waals surface area contributed by atoms with E-state index in [1.54, 1.807) is 0 Å². The zero-order valence-electron chi connectivity index (χ0n) is 95.1. The molecule has 756 valence electrons. The van der Waals surface area contributed by atoms with Gasteiger partial charge in [0.1, 0.15) is 0 Å². The van der Waals surface area contributed by atoms with Crippen molar-refractivity contribution in [1.82, 2.24) is 0 Å². The second-order valence-electron chi connectivity index (χ2n) is 34.0. The average Bonchev–Trinajstić information content (AvgIpc) is 0.988. The summed E-state index contributed by atoms with van der Waals surface area (Å²) in [4.78, 5) is 10.6. The summed E-state index contributed by atoms with van der Waals surface area (Å²) in [6.07, 6.45) is 106. The number of hydrogen-bond acceptors (Lipinski definition) is 1. The molecule has 0 fully saturated rings.